The predicted octanol–water partition coefficient (Wildman–Crippen LogP) is 4.35. The maximum atomic E-state index is 6.07. The molecular formula is C17H22ClN. The molecule has 0 radical (unpaired) electrons. The van der Waals surface area contributed by atoms with Gasteiger partial charge in [0.25, 0.3) is 0 Å². The van der Waals surface area contributed by atoms with Crippen molar-refractivity contribution in [3.05, 3.63) is 34.3 Å². The van der Waals surface area contributed by atoms with Gasteiger partial charge in [-0.2, -0.15) is 0 Å². The Balaban J connectivity index is 1.40. The molecule has 0 amide bonds. The Morgan fingerprint density at radius 1 is 1.16 bits per heavy atom. The summed E-state index contributed by atoms with van der Waals surface area (Å²) >= 11 is 6.07. The van der Waals surface area contributed by atoms with Gasteiger partial charge >= 0.3 is 0 Å². The second-order valence-corrected chi connectivity index (χ2v) is 7.21. The molecule has 3 aliphatic carbocycles. The Bertz CT molecular complexity index is 484. The summed E-state index contributed by atoms with van der Waals surface area (Å²) in [5.41, 5.74) is 2.95. The predicted molar refractivity (Wildman–Crippen MR) is 79.5 cm³/mol. The smallest absolute Gasteiger partial charge is 0.0408 e. The lowest BCUT2D eigenvalue weighted by Crippen LogP contribution is -2.29. The van der Waals surface area contributed by atoms with E-state index in [1.807, 2.05) is 6.07 Å². The first-order chi connectivity index (χ1) is 9.29. The van der Waals surface area contributed by atoms with Gasteiger partial charge in [-0.15, -0.1) is 0 Å². The van der Waals surface area contributed by atoms with Gasteiger partial charge in [0.2, 0.25) is 0 Å². The molecule has 0 heterocycles. The molecule has 1 aromatic carbocycles. The van der Waals surface area contributed by atoms with E-state index in [2.05, 4.69) is 17.4 Å². The highest BCUT2D eigenvalue weighted by Crippen LogP contribution is 2.48. The van der Waals surface area contributed by atoms with Gasteiger partial charge in [-0.3, -0.25) is 0 Å². The molecule has 1 nitrogen and oxygen atoms in total. The van der Waals surface area contributed by atoms with Gasteiger partial charge < -0.3 is 5.32 Å². The van der Waals surface area contributed by atoms with Crippen LogP contribution in [0.1, 0.15) is 49.3 Å². The van der Waals surface area contributed by atoms with E-state index in [-0.39, 0.29) is 0 Å². The summed E-state index contributed by atoms with van der Waals surface area (Å²) in [6.07, 6.45) is 8.43. The third kappa shape index (κ3) is 2.21. The lowest BCUT2D eigenvalue weighted by atomic mass is 9.88. The zero-order chi connectivity index (χ0) is 12.8. The molecule has 4 atom stereocenters. The minimum absolute atomic E-state index is 0.575. The van der Waals surface area contributed by atoms with Gasteiger partial charge in [0, 0.05) is 11.1 Å². The Hall–Kier alpha value is -0.530. The standard InChI is InChI=1S/C17H22ClN/c18-15-4-5-16-13(9-15)3-6-17(16)19-10-14-8-11-1-2-12(14)7-11/h4-5,9,11-12,14,17,19H,1-3,6-8,10H2. The highest BCUT2D eigenvalue weighted by atomic mass is 35.5. The van der Waals surface area contributed by atoms with Gasteiger partial charge in [0.15, 0.2) is 0 Å². The lowest BCUT2D eigenvalue weighted by Gasteiger charge is -2.24. The van der Waals surface area contributed by atoms with Gasteiger partial charge in [0.05, 0.1) is 0 Å². The van der Waals surface area contributed by atoms with Crippen LogP contribution in [0.25, 0.3) is 0 Å². The van der Waals surface area contributed by atoms with E-state index in [0.717, 1.165) is 22.8 Å². The van der Waals surface area contributed by atoms with Crippen molar-refractivity contribution in [1.82, 2.24) is 5.32 Å². The average molecular weight is 276 g/mol. The molecule has 3 aliphatic rings. The molecule has 0 aliphatic heterocycles. The van der Waals surface area contributed by atoms with Gasteiger partial charge in [-0.05, 0) is 79.7 Å². The molecule has 0 aromatic heterocycles. The summed E-state index contributed by atoms with van der Waals surface area (Å²) in [6.45, 7) is 1.23. The molecule has 0 saturated heterocycles. The Labute approximate surface area is 120 Å². The van der Waals surface area contributed by atoms with Crippen LogP contribution >= 0.6 is 11.6 Å². The second kappa shape index (κ2) is 4.79. The van der Waals surface area contributed by atoms with Crippen molar-refractivity contribution in [2.24, 2.45) is 17.8 Å². The van der Waals surface area contributed by atoms with Crippen molar-refractivity contribution >= 4 is 11.6 Å². The Kier molecular flexibility index (Phi) is 3.08. The molecule has 2 bridgehead atoms. The van der Waals surface area contributed by atoms with E-state index in [4.69, 9.17) is 11.6 Å². The number of hydrogen-bond acceptors (Lipinski definition) is 1. The lowest BCUT2D eigenvalue weighted by molar-refractivity contribution is 0.306. The monoisotopic (exact) mass is 275 g/mol. The number of nitrogens with one attached hydrogen (secondary N) is 1. The molecule has 4 unspecified atom stereocenters. The first-order valence-electron chi connectivity index (χ1n) is 7.81. The third-order valence-corrected chi connectivity index (χ3v) is 5.93. The summed E-state index contributed by atoms with van der Waals surface area (Å²) in [7, 11) is 0. The molecule has 2 saturated carbocycles. The molecule has 2 fully saturated rings. The number of benzene rings is 1. The number of rotatable bonds is 3. The largest absolute Gasteiger partial charge is 0.310 e. The van der Waals surface area contributed by atoms with Crippen LogP contribution in [0, 0.1) is 17.8 Å². The molecule has 2 heteroatoms. The van der Waals surface area contributed by atoms with E-state index in [0.29, 0.717) is 6.04 Å². The van der Waals surface area contributed by atoms with Crippen LogP contribution in [-0.2, 0) is 6.42 Å². The van der Waals surface area contributed by atoms with Crippen LogP contribution in [0.2, 0.25) is 5.02 Å². The maximum Gasteiger partial charge on any atom is 0.0408 e. The van der Waals surface area contributed by atoms with Crippen LogP contribution in [0.3, 0.4) is 0 Å². The van der Waals surface area contributed by atoms with Crippen molar-refractivity contribution in [2.45, 2.75) is 44.6 Å². The van der Waals surface area contributed by atoms with Crippen LogP contribution in [-0.4, -0.2) is 6.54 Å². The van der Waals surface area contributed by atoms with Crippen molar-refractivity contribution < 1.29 is 0 Å². The second-order valence-electron chi connectivity index (χ2n) is 6.78. The van der Waals surface area contributed by atoms with E-state index >= 15 is 0 Å². The minimum atomic E-state index is 0.575. The van der Waals surface area contributed by atoms with Crippen molar-refractivity contribution in [1.29, 1.82) is 0 Å². The van der Waals surface area contributed by atoms with E-state index in [1.165, 1.54) is 56.2 Å². The Morgan fingerprint density at radius 2 is 2.11 bits per heavy atom. The summed E-state index contributed by atoms with van der Waals surface area (Å²) in [4.78, 5) is 0. The van der Waals surface area contributed by atoms with Gasteiger partial charge in [0.1, 0.15) is 0 Å². The van der Waals surface area contributed by atoms with Crippen LogP contribution in [0.4, 0.5) is 0 Å². The minimum Gasteiger partial charge on any atom is -0.310 e. The molecule has 4 rings (SSSR count). The first-order valence-corrected chi connectivity index (χ1v) is 8.19. The zero-order valence-electron chi connectivity index (χ0n) is 11.4. The first kappa shape index (κ1) is 12.2. The maximum absolute atomic E-state index is 6.07. The van der Waals surface area contributed by atoms with Crippen molar-refractivity contribution in [3.8, 4) is 0 Å². The summed E-state index contributed by atoms with van der Waals surface area (Å²) in [5.74, 6) is 3.05. The van der Waals surface area contributed by atoms with E-state index < -0.39 is 0 Å². The fraction of sp³-hybridized carbons (Fsp3) is 0.647. The fourth-order valence-corrected chi connectivity index (χ4v) is 4.91. The van der Waals surface area contributed by atoms with Gasteiger partial charge in [-0.25, -0.2) is 0 Å². The Morgan fingerprint density at radius 3 is 2.89 bits per heavy atom. The highest BCUT2D eigenvalue weighted by molar-refractivity contribution is 6.30. The van der Waals surface area contributed by atoms with Crippen molar-refractivity contribution in [2.75, 3.05) is 6.54 Å². The average Bonchev–Trinajstić information content (AvgIpc) is 3.10. The number of hydrogen-bond donors (Lipinski definition) is 1. The van der Waals surface area contributed by atoms with Crippen LogP contribution < -0.4 is 5.32 Å². The molecule has 1 N–H and O–H groups in total. The summed E-state index contributed by atoms with van der Waals surface area (Å²) in [6, 6.07) is 6.99. The summed E-state index contributed by atoms with van der Waals surface area (Å²) in [5, 5.41) is 4.72. The summed E-state index contributed by atoms with van der Waals surface area (Å²) < 4.78 is 0. The number of aryl methyl sites for hydroxylation is 1. The van der Waals surface area contributed by atoms with E-state index in [9.17, 15) is 0 Å². The normalized spacial score (nSPS) is 35.8. The fourth-order valence-electron chi connectivity index (χ4n) is 4.72. The SMILES string of the molecule is Clc1ccc2c(c1)CCC2NCC1CC2CCC1C2. The van der Waals surface area contributed by atoms with Crippen molar-refractivity contribution in [3.63, 3.8) is 0 Å². The number of halogens is 1. The quantitative estimate of drug-likeness (QED) is 0.865. The third-order valence-electron chi connectivity index (χ3n) is 5.69. The van der Waals surface area contributed by atoms with E-state index in [1.54, 1.807) is 0 Å². The number of fused-ring (bicyclic) bond motifs is 3. The molecular weight excluding hydrogens is 254 g/mol. The molecule has 19 heavy (non-hydrogen) atoms. The molecule has 1 aromatic rings. The molecule has 102 valence electrons. The van der Waals surface area contributed by atoms with Gasteiger partial charge in [-0.1, -0.05) is 24.1 Å². The molecule has 0 spiro atoms. The van der Waals surface area contributed by atoms with Crippen LogP contribution in [0.15, 0.2) is 18.2 Å². The highest BCUT2D eigenvalue weighted by Gasteiger charge is 2.39. The van der Waals surface area contributed by atoms with Crippen LogP contribution in [0.5, 0.6) is 0 Å². The zero-order valence-corrected chi connectivity index (χ0v) is 12.1. The topological polar surface area (TPSA) is 12.0 Å².